The summed E-state index contributed by atoms with van der Waals surface area (Å²) in [7, 11) is 2.85. The number of nitrogens with one attached hydrogen (secondary N) is 1. The van der Waals surface area contributed by atoms with E-state index in [0.717, 1.165) is 5.56 Å². The highest BCUT2D eigenvalue weighted by Crippen LogP contribution is 2.30. The average molecular weight is 369 g/mol. The van der Waals surface area contributed by atoms with Gasteiger partial charge in [0, 0.05) is 11.1 Å². The maximum absolute atomic E-state index is 14.5. The zero-order chi connectivity index (χ0) is 19.4. The third-order valence-electron chi connectivity index (χ3n) is 4.54. The molecule has 1 aliphatic carbocycles. The van der Waals surface area contributed by atoms with Gasteiger partial charge in [0.2, 0.25) is 0 Å². The van der Waals surface area contributed by atoms with Crippen LogP contribution in [0.15, 0.2) is 53.6 Å². The van der Waals surface area contributed by atoms with Crippen molar-refractivity contribution >= 4 is 17.6 Å². The second kappa shape index (κ2) is 8.03. The molecular formula is C21H20FNO4. The van der Waals surface area contributed by atoms with Crippen molar-refractivity contribution in [3.05, 3.63) is 59.4 Å². The van der Waals surface area contributed by atoms with E-state index in [1.165, 1.54) is 19.2 Å². The number of hydrogen-bond acceptors (Lipinski definition) is 4. The van der Waals surface area contributed by atoms with Crippen LogP contribution in [-0.4, -0.2) is 26.1 Å². The number of ether oxygens (including phenoxy) is 2. The van der Waals surface area contributed by atoms with Crippen molar-refractivity contribution in [1.29, 1.82) is 0 Å². The van der Waals surface area contributed by atoms with Crippen LogP contribution in [0.4, 0.5) is 10.1 Å². The molecule has 0 radical (unpaired) electrons. The first-order chi connectivity index (χ1) is 13.0. The van der Waals surface area contributed by atoms with E-state index in [0.29, 0.717) is 41.7 Å². The molecule has 3 rings (SSSR count). The predicted molar refractivity (Wildman–Crippen MR) is 99.9 cm³/mol. The van der Waals surface area contributed by atoms with Gasteiger partial charge in [0.05, 0.1) is 19.9 Å². The van der Waals surface area contributed by atoms with E-state index in [1.54, 1.807) is 19.2 Å². The van der Waals surface area contributed by atoms with Crippen LogP contribution >= 0.6 is 0 Å². The van der Waals surface area contributed by atoms with Crippen molar-refractivity contribution in [2.75, 3.05) is 19.5 Å². The summed E-state index contributed by atoms with van der Waals surface area (Å²) in [6.45, 7) is 0. The fourth-order valence-electron chi connectivity index (χ4n) is 3.14. The SMILES string of the molecule is COC(=O)C1=C(C(=O)Nc2ccc(-c3cccc(OC)c3)cc2F)CCC1. The second-order valence-corrected chi connectivity index (χ2v) is 6.18. The quantitative estimate of drug-likeness (QED) is 0.806. The highest BCUT2D eigenvalue weighted by Gasteiger charge is 2.26. The molecule has 2 aromatic carbocycles. The first-order valence-electron chi connectivity index (χ1n) is 8.59. The first-order valence-corrected chi connectivity index (χ1v) is 8.59. The molecule has 0 spiro atoms. The van der Waals surface area contributed by atoms with Gasteiger partial charge in [-0.15, -0.1) is 0 Å². The monoisotopic (exact) mass is 369 g/mol. The van der Waals surface area contributed by atoms with E-state index in [1.807, 2.05) is 18.2 Å². The van der Waals surface area contributed by atoms with Gasteiger partial charge in [0.25, 0.3) is 5.91 Å². The number of carbonyl (C=O) groups is 2. The van der Waals surface area contributed by atoms with Gasteiger partial charge in [-0.25, -0.2) is 9.18 Å². The van der Waals surface area contributed by atoms with Gasteiger partial charge in [-0.2, -0.15) is 0 Å². The van der Waals surface area contributed by atoms with E-state index in [9.17, 15) is 14.0 Å². The van der Waals surface area contributed by atoms with Gasteiger partial charge >= 0.3 is 5.97 Å². The zero-order valence-corrected chi connectivity index (χ0v) is 15.2. The number of methoxy groups -OCH3 is 2. The summed E-state index contributed by atoms with van der Waals surface area (Å²) >= 11 is 0. The molecule has 0 aliphatic heterocycles. The fraction of sp³-hybridized carbons (Fsp3) is 0.238. The average Bonchev–Trinajstić information content (AvgIpc) is 3.19. The van der Waals surface area contributed by atoms with Gasteiger partial charge in [-0.05, 0) is 54.7 Å². The lowest BCUT2D eigenvalue weighted by Crippen LogP contribution is -2.17. The van der Waals surface area contributed by atoms with Crippen molar-refractivity contribution in [3.8, 4) is 16.9 Å². The molecule has 0 bridgehead atoms. The Hall–Kier alpha value is -3.15. The van der Waals surface area contributed by atoms with Gasteiger partial charge in [-0.1, -0.05) is 18.2 Å². The Balaban J connectivity index is 1.82. The van der Waals surface area contributed by atoms with E-state index in [-0.39, 0.29) is 5.69 Å². The normalized spacial score (nSPS) is 13.4. The lowest BCUT2D eigenvalue weighted by Gasteiger charge is -2.11. The minimum absolute atomic E-state index is 0.0651. The third-order valence-corrected chi connectivity index (χ3v) is 4.54. The van der Waals surface area contributed by atoms with Gasteiger partial charge in [0.1, 0.15) is 11.6 Å². The van der Waals surface area contributed by atoms with E-state index >= 15 is 0 Å². The highest BCUT2D eigenvalue weighted by atomic mass is 19.1. The lowest BCUT2D eigenvalue weighted by atomic mass is 10.0. The summed E-state index contributed by atoms with van der Waals surface area (Å²) in [6.07, 6.45) is 1.66. The summed E-state index contributed by atoms with van der Waals surface area (Å²) < 4.78 is 24.4. The van der Waals surface area contributed by atoms with Crippen LogP contribution in [-0.2, 0) is 14.3 Å². The standard InChI is InChI=1S/C21H20FNO4/c1-26-15-6-3-5-13(11-15)14-9-10-19(18(22)12-14)23-20(24)16-7-4-8-17(16)21(25)27-2/h3,5-6,9-12H,4,7-8H2,1-2H3,(H,23,24). The molecule has 6 heteroatoms. The summed E-state index contributed by atoms with van der Waals surface area (Å²) in [5, 5.41) is 2.56. The molecule has 1 aliphatic rings. The van der Waals surface area contributed by atoms with Gasteiger partial charge in [-0.3, -0.25) is 4.79 Å². The molecule has 27 heavy (non-hydrogen) atoms. The molecule has 0 heterocycles. The third kappa shape index (κ3) is 4.00. The number of amides is 1. The van der Waals surface area contributed by atoms with Crippen molar-refractivity contribution in [2.45, 2.75) is 19.3 Å². The molecule has 140 valence electrons. The number of anilines is 1. The maximum atomic E-state index is 14.5. The Labute approximate surface area is 156 Å². The Morgan fingerprint density at radius 1 is 1.00 bits per heavy atom. The molecule has 1 amide bonds. The van der Waals surface area contributed by atoms with Crippen LogP contribution in [0.2, 0.25) is 0 Å². The molecule has 2 aromatic rings. The van der Waals surface area contributed by atoms with Crippen molar-refractivity contribution in [3.63, 3.8) is 0 Å². The second-order valence-electron chi connectivity index (χ2n) is 6.18. The molecule has 0 saturated carbocycles. The number of benzene rings is 2. The van der Waals surface area contributed by atoms with Crippen molar-refractivity contribution < 1.29 is 23.5 Å². The van der Waals surface area contributed by atoms with Crippen LogP contribution in [0, 0.1) is 5.82 Å². The van der Waals surface area contributed by atoms with Crippen LogP contribution in [0.3, 0.4) is 0 Å². The minimum atomic E-state index is -0.554. The Kier molecular flexibility index (Phi) is 5.54. The van der Waals surface area contributed by atoms with E-state index in [2.05, 4.69) is 5.32 Å². The Morgan fingerprint density at radius 3 is 2.44 bits per heavy atom. The Bertz CT molecular complexity index is 920. The van der Waals surface area contributed by atoms with E-state index in [4.69, 9.17) is 9.47 Å². The van der Waals surface area contributed by atoms with Crippen LogP contribution in [0.5, 0.6) is 5.75 Å². The summed E-state index contributed by atoms with van der Waals surface area (Å²) in [5.41, 5.74) is 2.26. The van der Waals surface area contributed by atoms with E-state index < -0.39 is 17.7 Å². The summed E-state index contributed by atoms with van der Waals surface area (Å²) in [5.74, 6) is -0.858. The number of hydrogen-bond donors (Lipinski definition) is 1. The number of esters is 1. The smallest absolute Gasteiger partial charge is 0.334 e. The molecule has 0 saturated heterocycles. The topological polar surface area (TPSA) is 64.6 Å². The molecule has 0 atom stereocenters. The molecule has 0 unspecified atom stereocenters. The van der Waals surface area contributed by atoms with Crippen LogP contribution in [0.1, 0.15) is 19.3 Å². The van der Waals surface area contributed by atoms with Crippen molar-refractivity contribution in [1.82, 2.24) is 0 Å². The Morgan fingerprint density at radius 2 is 1.74 bits per heavy atom. The number of halogens is 1. The maximum Gasteiger partial charge on any atom is 0.334 e. The van der Waals surface area contributed by atoms with Crippen molar-refractivity contribution in [2.24, 2.45) is 0 Å². The minimum Gasteiger partial charge on any atom is -0.497 e. The molecule has 5 nitrogen and oxygen atoms in total. The summed E-state index contributed by atoms with van der Waals surface area (Å²) in [4.78, 5) is 24.2. The lowest BCUT2D eigenvalue weighted by molar-refractivity contribution is -0.136. The van der Waals surface area contributed by atoms with Gasteiger partial charge in [0.15, 0.2) is 0 Å². The summed E-state index contributed by atoms with van der Waals surface area (Å²) in [6, 6.07) is 11.9. The van der Waals surface area contributed by atoms with Crippen LogP contribution in [0.25, 0.3) is 11.1 Å². The number of rotatable bonds is 5. The molecular weight excluding hydrogens is 349 g/mol. The molecule has 1 N–H and O–H groups in total. The van der Waals surface area contributed by atoms with Crippen LogP contribution < -0.4 is 10.1 Å². The molecule has 0 fully saturated rings. The first kappa shape index (κ1) is 18.6. The number of carbonyl (C=O) groups excluding carboxylic acids is 2. The van der Waals surface area contributed by atoms with Gasteiger partial charge < -0.3 is 14.8 Å². The zero-order valence-electron chi connectivity index (χ0n) is 15.2. The highest BCUT2D eigenvalue weighted by molar-refractivity contribution is 6.09. The largest absolute Gasteiger partial charge is 0.497 e. The molecule has 0 aromatic heterocycles. The fourth-order valence-corrected chi connectivity index (χ4v) is 3.14. The predicted octanol–water partition coefficient (Wildman–Crippen LogP) is 4.09.